The normalized spacial score (nSPS) is 20.3. The summed E-state index contributed by atoms with van der Waals surface area (Å²) < 4.78 is 81.0. The molecule has 6 nitrogen and oxygen atoms in total. The van der Waals surface area contributed by atoms with Crippen molar-refractivity contribution in [2.45, 2.75) is 36.7 Å². The average molecular weight is 460 g/mol. The van der Waals surface area contributed by atoms with E-state index in [0.717, 1.165) is 22.5 Å². The summed E-state index contributed by atoms with van der Waals surface area (Å²) >= 11 is 0. The molecule has 1 heterocycles. The Bertz CT molecular complexity index is 1100. The molecule has 2 aromatic carbocycles. The van der Waals surface area contributed by atoms with E-state index in [9.17, 15) is 35.9 Å². The first-order chi connectivity index (χ1) is 14.4. The second kappa shape index (κ2) is 8.56. The van der Waals surface area contributed by atoms with Crippen molar-refractivity contribution in [3.05, 3.63) is 59.2 Å². The molecule has 0 aromatic heterocycles. The quantitative estimate of drug-likeness (QED) is 0.541. The van der Waals surface area contributed by atoms with E-state index in [1.807, 2.05) is 0 Å². The molecule has 1 saturated heterocycles. The van der Waals surface area contributed by atoms with Crippen LogP contribution in [0.25, 0.3) is 0 Å². The van der Waals surface area contributed by atoms with E-state index in [-0.39, 0.29) is 13.1 Å². The SMILES string of the molecule is CC1(O)CCCCN(S(=O)(=O)c2cc(F)cc(C(=O)Nc3cc(F)c(F)c(F)c3)c2)C1. The van der Waals surface area contributed by atoms with Crippen molar-refractivity contribution in [3.63, 3.8) is 0 Å². The maximum absolute atomic E-state index is 14.2. The lowest BCUT2D eigenvalue weighted by molar-refractivity contribution is 0.0408. The number of hydrogen-bond donors (Lipinski definition) is 2. The first kappa shape index (κ1) is 23.2. The van der Waals surface area contributed by atoms with Gasteiger partial charge in [-0.1, -0.05) is 0 Å². The minimum Gasteiger partial charge on any atom is -0.389 e. The van der Waals surface area contributed by atoms with Crippen LogP contribution in [0, 0.1) is 23.3 Å². The van der Waals surface area contributed by atoms with Gasteiger partial charge in [0.2, 0.25) is 10.0 Å². The summed E-state index contributed by atoms with van der Waals surface area (Å²) in [5, 5.41) is 12.4. The number of nitrogens with zero attached hydrogens (tertiary/aromatic N) is 1. The molecule has 0 spiro atoms. The second-order valence-electron chi connectivity index (χ2n) is 7.68. The number of benzene rings is 2. The predicted molar refractivity (Wildman–Crippen MR) is 104 cm³/mol. The molecule has 2 N–H and O–H groups in total. The molecule has 3 rings (SSSR count). The van der Waals surface area contributed by atoms with E-state index in [0.29, 0.717) is 31.4 Å². The van der Waals surface area contributed by atoms with Crippen LogP contribution in [0.4, 0.5) is 23.2 Å². The highest BCUT2D eigenvalue weighted by atomic mass is 32.2. The Morgan fingerprint density at radius 1 is 1.06 bits per heavy atom. The summed E-state index contributed by atoms with van der Waals surface area (Å²) in [5.41, 5.74) is -2.11. The summed E-state index contributed by atoms with van der Waals surface area (Å²) in [4.78, 5) is 11.9. The minimum atomic E-state index is -4.24. The van der Waals surface area contributed by atoms with Crippen molar-refractivity contribution in [2.24, 2.45) is 0 Å². The van der Waals surface area contributed by atoms with Crippen LogP contribution in [0.2, 0.25) is 0 Å². The maximum Gasteiger partial charge on any atom is 0.255 e. The first-order valence-electron chi connectivity index (χ1n) is 9.38. The molecule has 1 aliphatic heterocycles. The first-order valence-corrected chi connectivity index (χ1v) is 10.8. The lowest BCUT2D eigenvalue weighted by Gasteiger charge is -2.27. The smallest absolute Gasteiger partial charge is 0.255 e. The van der Waals surface area contributed by atoms with Crippen LogP contribution in [0.5, 0.6) is 0 Å². The summed E-state index contributed by atoms with van der Waals surface area (Å²) in [5.74, 6) is -6.86. The zero-order chi connectivity index (χ0) is 23.0. The van der Waals surface area contributed by atoms with E-state index in [1.165, 1.54) is 6.92 Å². The van der Waals surface area contributed by atoms with Crippen LogP contribution in [-0.4, -0.2) is 42.4 Å². The monoisotopic (exact) mass is 460 g/mol. The molecular formula is C20H20F4N2O4S. The van der Waals surface area contributed by atoms with E-state index in [2.05, 4.69) is 5.32 Å². The Hall–Kier alpha value is -2.50. The summed E-state index contributed by atoms with van der Waals surface area (Å²) in [7, 11) is -4.24. The highest BCUT2D eigenvalue weighted by molar-refractivity contribution is 7.89. The Labute approximate surface area is 176 Å². The van der Waals surface area contributed by atoms with Gasteiger partial charge in [0, 0.05) is 36.5 Å². The van der Waals surface area contributed by atoms with Crippen LogP contribution >= 0.6 is 0 Å². The lowest BCUT2D eigenvalue weighted by Crippen LogP contribution is -2.42. The number of aliphatic hydroxyl groups is 1. The van der Waals surface area contributed by atoms with Crippen LogP contribution in [0.3, 0.4) is 0 Å². The van der Waals surface area contributed by atoms with Gasteiger partial charge in [-0.05, 0) is 44.4 Å². The lowest BCUT2D eigenvalue weighted by atomic mass is 10.0. The van der Waals surface area contributed by atoms with Crippen molar-refractivity contribution >= 4 is 21.6 Å². The maximum atomic E-state index is 14.2. The van der Waals surface area contributed by atoms with Crippen molar-refractivity contribution in [3.8, 4) is 0 Å². The molecule has 31 heavy (non-hydrogen) atoms. The van der Waals surface area contributed by atoms with E-state index in [1.54, 1.807) is 0 Å². The second-order valence-corrected chi connectivity index (χ2v) is 9.61. The molecule has 1 unspecified atom stereocenters. The summed E-state index contributed by atoms with van der Waals surface area (Å²) in [6.45, 7) is 1.43. The fourth-order valence-electron chi connectivity index (χ4n) is 3.36. The molecule has 1 amide bonds. The molecule has 0 radical (unpaired) electrons. The highest BCUT2D eigenvalue weighted by Crippen LogP contribution is 2.27. The molecule has 2 aromatic rings. The zero-order valence-electron chi connectivity index (χ0n) is 16.5. The largest absolute Gasteiger partial charge is 0.389 e. The van der Waals surface area contributed by atoms with Gasteiger partial charge in [-0.15, -0.1) is 0 Å². The molecule has 0 bridgehead atoms. The number of amides is 1. The van der Waals surface area contributed by atoms with Gasteiger partial charge in [0.25, 0.3) is 5.91 Å². The van der Waals surface area contributed by atoms with E-state index < -0.39 is 60.9 Å². The fraction of sp³-hybridized carbons (Fsp3) is 0.350. The Balaban J connectivity index is 1.91. The molecule has 0 aliphatic carbocycles. The third kappa shape index (κ3) is 5.23. The molecule has 1 fully saturated rings. The van der Waals surface area contributed by atoms with Crippen LogP contribution in [0.15, 0.2) is 35.2 Å². The van der Waals surface area contributed by atoms with Gasteiger partial charge in [-0.3, -0.25) is 4.79 Å². The minimum absolute atomic E-state index is 0.116. The van der Waals surface area contributed by atoms with E-state index in [4.69, 9.17) is 0 Å². The molecule has 0 saturated carbocycles. The molecular weight excluding hydrogens is 440 g/mol. The van der Waals surface area contributed by atoms with Crippen molar-refractivity contribution in [1.29, 1.82) is 0 Å². The summed E-state index contributed by atoms with van der Waals surface area (Å²) in [6.07, 6.45) is 1.51. The number of hydrogen-bond acceptors (Lipinski definition) is 4. The molecule has 1 aliphatic rings. The van der Waals surface area contributed by atoms with Gasteiger partial charge in [-0.25, -0.2) is 26.0 Å². The van der Waals surface area contributed by atoms with Crippen LogP contribution in [-0.2, 0) is 10.0 Å². The van der Waals surface area contributed by atoms with Crippen molar-refractivity contribution in [2.75, 3.05) is 18.4 Å². The number of anilines is 1. The van der Waals surface area contributed by atoms with Gasteiger partial charge in [0.05, 0.1) is 10.5 Å². The Morgan fingerprint density at radius 2 is 1.71 bits per heavy atom. The number of nitrogens with one attached hydrogen (secondary N) is 1. The third-order valence-corrected chi connectivity index (χ3v) is 6.73. The molecule has 11 heteroatoms. The fourth-order valence-corrected chi connectivity index (χ4v) is 5.01. The average Bonchev–Trinajstić information content (AvgIpc) is 2.86. The summed E-state index contributed by atoms with van der Waals surface area (Å²) in [6, 6.07) is 3.48. The predicted octanol–water partition coefficient (Wildman–Crippen LogP) is 3.42. The molecule has 168 valence electrons. The third-order valence-electron chi connectivity index (χ3n) is 4.90. The van der Waals surface area contributed by atoms with Gasteiger partial charge < -0.3 is 10.4 Å². The van der Waals surface area contributed by atoms with E-state index >= 15 is 0 Å². The van der Waals surface area contributed by atoms with Gasteiger partial charge >= 0.3 is 0 Å². The number of β-amino-alcohol motifs (C(OH)–C–C–N with tert-alkyl or cyclic N) is 1. The number of halogens is 4. The van der Waals surface area contributed by atoms with Gasteiger partial charge in [0.1, 0.15) is 5.82 Å². The topological polar surface area (TPSA) is 86.7 Å². The van der Waals surface area contributed by atoms with Crippen LogP contribution < -0.4 is 5.32 Å². The Morgan fingerprint density at radius 3 is 2.35 bits per heavy atom. The number of carbonyl (C=O) groups is 1. The Kier molecular flexibility index (Phi) is 6.40. The zero-order valence-corrected chi connectivity index (χ0v) is 17.3. The van der Waals surface area contributed by atoms with Crippen molar-refractivity contribution < 1.29 is 35.9 Å². The number of carbonyl (C=O) groups excluding carboxylic acids is 1. The molecule has 1 atom stereocenters. The number of sulfonamides is 1. The highest BCUT2D eigenvalue weighted by Gasteiger charge is 2.34. The van der Waals surface area contributed by atoms with Gasteiger partial charge in [-0.2, -0.15) is 4.31 Å². The van der Waals surface area contributed by atoms with Crippen LogP contribution in [0.1, 0.15) is 36.5 Å². The number of rotatable bonds is 4. The standard InChI is InChI=1S/C20H20F4N2O4S/c1-20(28)4-2-3-5-26(11-20)31(29,30)15-7-12(6-13(21)8-15)19(27)25-14-9-16(22)18(24)17(23)10-14/h6-10,28H,2-5,11H2,1H3,(H,25,27). The van der Waals surface area contributed by atoms with Gasteiger partial charge in [0.15, 0.2) is 17.5 Å². The van der Waals surface area contributed by atoms with Crippen molar-refractivity contribution in [1.82, 2.24) is 4.31 Å².